The third-order valence-electron chi connectivity index (χ3n) is 1.89. The first-order chi connectivity index (χ1) is 6.99. The smallest absolute Gasteiger partial charge is 0.275 e. The number of hydrogen-bond donors (Lipinski definition) is 0. The summed E-state index contributed by atoms with van der Waals surface area (Å²) in [4.78, 5) is 14.2. The van der Waals surface area contributed by atoms with Gasteiger partial charge in [-0.3, -0.25) is 9.78 Å². The van der Waals surface area contributed by atoms with Crippen LogP contribution in [-0.2, 0) is 0 Å². The van der Waals surface area contributed by atoms with Gasteiger partial charge in [-0.15, -0.1) is 0 Å². The van der Waals surface area contributed by atoms with Crippen molar-refractivity contribution in [3.8, 4) is 6.07 Å². The quantitative estimate of drug-likeness (QED) is 0.734. The van der Waals surface area contributed by atoms with Crippen LogP contribution in [0.5, 0.6) is 0 Å². The summed E-state index contributed by atoms with van der Waals surface area (Å²) in [6.07, 6.45) is -1.89. The number of hydrogen-bond acceptors (Lipinski definition) is 3. The van der Waals surface area contributed by atoms with E-state index in [2.05, 4.69) is 4.98 Å². The molecule has 0 aliphatic rings. The topological polar surface area (TPSA) is 53.8 Å². The highest BCUT2D eigenvalue weighted by Gasteiger charge is 2.20. The molecule has 1 heterocycles. The van der Waals surface area contributed by atoms with E-state index in [1.807, 2.05) is 0 Å². The minimum atomic E-state index is -2.78. The van der Waals surface area contributed by atoms with Crippen molar-refractivity contribution in [3.63, 3.8) is 0 Å². The maximum Gasteiger partial charge on any atom is 0.280 e. The Morgan fingerprint density at radius 2 is 2.27 bits per heavy atom. The predicted octanol–water partition coefficient (Wildman–Crippen LogP) is 2.58. The van der Waals surface area contributed by atoms with E-state index >= 15 is 0 Å². The van der Waals surface area contributed by atoms with Crippen molar-refractivity contribution in [2.24, 2.45) is 0 Å². The number of halogens is 3. The minimum Gasteiger partial charge on any atom is -0.275 e. The van der Waals surface area contributed by atoms with Crippen molar-refractivity contribution in [1.82, 2.24) is 4.98 Å². The van der Waals surface area contributed by atoms with Crippen LogP contribution in [0.4, 0.5) is 8.78 Å². The number of nitriles is 1. The van der Waals surface area contributed by atoms with Crippen LogP contribution in [0.25, 0.3) is 0 Å². The van der Waals surface area contributed by atoms with Gasteiger partial charge in [0, 0.05) is 6.20 Å². The van der Waals surface area contributed by atoms with Crippen LogP contribution >= 0.6 is 11.6 Å². The molecule has 0 saturated heterocycles. The first-order valence-electron chi connectivity index (χ1n) is 3.86. The first kappa shape index (κ1) is 11.5. The van der Waals surface area contributed by atoms with E-state index in [0.717, 1.165) is 6.20 Å². The van der Waals surface area contributed by atoms with E-state index in [0.29, 0.717) is 0 Å². The normalized spacial score (nSPS) is 10.1. The Balaban J connectivity index is 3.48. The molecule has 78 valence electrons. The predicted molar refractivity (Wildman–Crippen MR) is 48.8 cm³/mol. The van der Waals surface area contributed by atoms with Gasteiger partial charge in [0.25, 0.3) is 11.7 Å². The van der Waals surface area contributed by atoms with Crippen LogP contribution in [0.15, 0.2) is 6.20 Å². The van der Waals surface area contributed by atoms with Gasteiger partial charge in [0.1, 0.15) is 11.8 Å². The summed E-state index contributed by atoms with van der Waals surface area (Å²) in [7, 11) is 0. The van der Waals surface area contributed by atoms with Crippen LogP contribution < -0.4 is 0 Å². The van der Waals surface area contributed by atoms with E-state index in [9.17, 15) is 13.6 Å². The summed E-state index contributed by atoms with van der Waals surface area (Å²) < 4.78 is 24.8. The van der Waals surface area contributed by atoms with Gasteiger partial charge in [0.2, 0.25) is 0 Å². The highest BCUT2D eigenvalue weighted by molar-refractivity contribution is 6.68. The Morgan fingerprint density at radius 1 is 1.67 bits per heavy atom. The van der Waals surface area contributed by atoms with E-state index in [1.54, 1.807) is 6.07 Å². The molecule has 0 atom stereocenters. The molecule has 0 fully saturated rings. The van der Waals surface area contributed by atoms with Crippen LogP contribution in [-0.4, -0.2) is 10.2 Å². The zero-order chi connectivity index (χ0) is 11.6. The fraction of sp³-hybridized carbons (Fsp3) is 0.222. The van der Waals surface area contributed by atoms with Crippen molar-refractivity contribution >= 4 is 16.8 Å². The summed E-state index contributed by atoms with van der Waals surface area (Å²) in [6.45, 7) is 1.30. The summed E-state index contributed by atoms with van der Waals surface area (Å²) in [5.41, 5.74) is -0.825. The van der Waals surface area contributed by atoms with E-state index < -0.39 is 17.4 Å². The molecule has 0 amide bonds. The lowest BCUT2D eigenvalue weighted by molar-refractivity contribution is 0.107. The zero-order valence-corrected chi connectivity index (χ0v) is 8.35. The van der Waals surface area contributed by atoms with Gasteiger partial charge in [-0.1, -0.05) is 0 Å². The SMILES string of the molecule is Cc1c(C(F)F)ncc(C(=O)Cl)c1C#N. The Kier molecular flexibility index (Phi) is 3.32. The standard InChI is InChI=1S/C9H5ClF2N2O/c1-4-5(2-13)6(8(10)15)3-14-7(4)9(11)12/h3,9H,1H3. The monoisotopic (exact) mass is 230 g/mol. The number of carbonyl (C=O) groups is 1. The molecule has 6 heteroatoms. The number of carbonyl (C=O) groups excluding carboxylic acids is 1. The fourth-order valence-corrected chi connectivity index (χ4v) is 1.28. The van der Waals surface area contributed by atoms with Crippen molar-refractivity contribution in [2.45, 2.75) is 13.3 Å². The largest absolute Gasteiger partial charge is 0.280 e. The molecule has 0 N–H and O–H groups in total. The molecular weight excluding hydrogens is 226 g/mol. The van der Waals surface area contributed by atoms with Gasteiger partial charge in [0.05, 0.1) is 11.1 Å². The third-order valence-corrected chi connectivity index (χ3v) is 2.10. The highest BCUT2D eigenvalue weighted by Crippen LogP contribution is 2.24. The molecule has 15 heavy (non-hydrogen) atoms. The summed E-state index contributed by atoms with van der Waals surface area (Å²) in [5.74, 6) is 0. The van der Waals surface area contributed by atoms with Crippen molar-refractivity contribution in [1.29, 1.82) is 5.26 Å². The third kappa shape index (κ3) is 2.10. The molecular formula is C9H5ClF2N2O. The zero-order valence-electron chi connectivity index (χ0n) is 7.59. The second-order valence-electron chi connectivity index (χ2n) is 2.74. The van der Waals surface area contributed by atoms with Crippen LogP contribution in [0, 0.1) is 18.3 Å². The second-order valence-corrected chi connectivity index (χ2v) is 3.09. The van der Waals surface area contributed by atoms with E-state index in [4.69, 9.17) is 16.9 Å². The lowest BCUT2D eigenvalue weighted by atomic mass is 10.0. The molecule has 0 aliphatic carbocycles. The van der Waals surface area contributed by atoms with Crippen LogP contribution in [0.2, 0.25) is 0 Å². The molecule has 1 aromatic heterocycles. The van der Waals surface area contributed by atoms with Crippen molar-refractivity contribution in [3.05, 3.63) is 28.6 Å². The molecule has 0 aliphatic heterocycles. The molecule has 1 rings (SSSR count). The van der Waals surface area contributed by atoms with Gasteiger partial charge in [-0.05, 0) is 24.1 Å². The summed E-state index contributed by atoms with van der Waals surface area (Å²) >= 11 is 5.17. The minimum absolute atomic E-state index is 0.0148. The lowest BCUT2D eigenvalue weighted by Crippen LogP contribution is -2.04. The average molecular weight is 231 g/mol. The van der Waals surface area contributed by atoms with Crippen LogP contribution in [0.3, 0.4) is 0 Å². The molecule has 1 aromatic rings. The Bertz CT molecular complexity index is 454. The second kappa shape index (κ2) is 4.32. The molecule has 0 bridgehead atoms. The Hall–Kier alpha value is -1.54. The van der Waals surface area contributed by atoms with Gasteiger partial charge in [-0.2, -0.15) is 5.26 Å². The lowest BCUT2D eigenvalue weighted by Gasteiger charge is -2.07. The number of pyridine rings is 1. The van der Waals surface area contributed by atoms with E-state index in [1.165, 1.54) is 6.92 Å². The van der Waals surface area contributed by atoms with Gasteiger partial charge in [0.15, 0.2) is 0 Å². The molecule has 0 radical (unpaired) electrons. The number of nitrogens with zero attached hydrogens (tertiary/aromatic N) is 2. The maximum absolute atomic E-state index is 12.4. The van der Waals surface area contributed by atoms with Crippen LogP contribution in [0.1, 0.15) is 33.6 Å². The average Bonchev–Trinajstić information content (AvgIpc) is 2.16. The molecule has 0 spiro atoms. The fourth-order valence-electron chi connectivity index (χ4n) is 1.14. The molecule has 0 unspecified atom stereocenters. The van der Waals surface area contributed by atoms with Gasteiger partial charge < -0.3 is 0 Å². The molecule has 0 saturated carbocycles. The number of rotatable bonds is 2. The highest BCUT2D eigenvalue weighted by atomic mass is 35.5. The molecule has 0 aromatic carbocycles. The first-order valence-corrected chi connectivity index (χ1v) is 4.24. The van der Waals surface area contributed by atoms with E-state index in [-0.39, 0.29) is 16.7 Å². The Labute approximate surface area is 89.3 Å². The van der Waals surface area contributed by atoms with Gasteiger partial charge in [-0.25, -0.2) is 8.78 Å². The van der Waals surface area contributed by atoms with Gasteiger partial charge >= 0.3 is 0 Å². The Morgan fingerprint density at radius 3 is 2.67 bits per heavy atom. The van der Waals surface area contributed by atoms with Crippen molar-refractivity contribution < 1.29 is 13.6 Å². The summed E-state index contributed by atoms with van der Waals surface area (Å²) in [5, 5.41) is 7.83. The van der Waals surface area contributed by atoms with Crippen molar-refractivity contribution in [2.75, 3.05) is 0 Å². The summed E-state index contributed by atoms with van der Waals surface area (Å²) in [6, 6.07) is 1.66. The maximum atomic E-state index is 12.4. The number of aromatic nitrogens is 1. The number of alkyl halides is 2. The molecule has 3 nitrogen and oxygen atoms in total.